The van der Waals surface area contributed by atoms with Crippen LogP contribution in [0.1, 0.15) is 34.5 Å². The average Bonchev–Trinajstić information content (AvgIpc) is 2.98. The van der Waals surface area contributed by atoms with E-state index < -0.39 is 5.97 Å². The van der Waals surface area contributed by atoms with Gasteiger partial charge in [-0.15, -0.1) is 0 Å². The molecule has 1 saturated heterocycles. The number of esters is 1. The summed E-state index contributed by atoms with van der Waals surface area (Å²) in [5.41, 5.74) is 9.85. The van der Waals surface area contributed by atoms with Gasteiger partial charge in [0.2, 0.25) is 0 Å². The van der Waals surface area contributed by atoms with Gasteiger partial charge in [0.05, 0.1) is 71.4 Å². The number of carbonyl (C=O) groups excluding carboxylic acids is 3. The molecule has 42 heavy (non-hydrogen) atoms. The zero-order chi connectivity index (χ0) is 30.4. The maximum Gasteiger partial charge on any atom is 0.373 e. The summed E-state index contributed by atoms with van der Waals surface area (Å²) in [6.07, 6.45) is 1.10. The first-order chi connectivity index (χ1) is 20.5. The molecule has 0 unspecified atom stereocenters. The number of aromatic nitrogens is 2. The van der Waals surface area contributed by atoms with Crippen LogP contribution in [0.15, 0.2) is 30.3 Å². The van der Waals surface area contributed by atoms with Crippen LogP contribution in [0.25, 0.3) is 0 Å². The van der Waals surface area contributed by atoms with Gasteiger partial charge in [0.15, 0.2) is 0 Å². The topological polar surface area (TPSA) is 156 Å². The minimum absolute atomic E-state index is 0.250. The molecule has 0 atom stereocenters. The smallest absolute Gasteiger partial charge is 0.373 e. The third-order valence-corrected chi connectivity index (χ3v) is 6.24. The number of pyridine rings is 2. The van der Waals surface area contributed by atoms with Crippen molar-refractivity contribution in [1.29, 1.82) is 0 Å². The molecule has 0 spiro atoms. The first-order valence-electron chi connectivity index (χ1n) is 14.0. The summed E-state index contributed by atoms with van der Waals surface area (Å²) >= 11 is 0. The summed E-state index contributed by atoms with van der Waals surface area (Å²) in [5, 5.41) is 0. The molecule has 232 valence electrons. The highest BCUT2D eigenvalue weighted by molar-refractivity contribution is 5.87. The van der Waals surface area contributed by atoms with E-state index in [1.807, 2.05) is 24.3 Å². The second kappa shape index (κ2) is 21.4. The van der Waals surface area contributed by atoms with Crippen LogP contribution in [0, 0.1) is 0 Å². The Bertz CT molecular complexity index is 1060. The van der Waals surface area contributed by atoms with Crippen LogP contribution >= 0.6 is 0 Å². The maximum atomic E-state index is 11.8. The van der Waals surface area contributed by atoms with Gasteiger partial charge in [0, 0.05) is 50.6 Å². The van der Waals surface area contributed by atoms with E-state index in [1.54, 1.807) is 6.07 Å². The Kier molecular flexibility index (Phi) is 17.8. The number of nitrogens with zero attached hydrogens (tertiary/aromatic N) is 4. The van der Waals surface area contributed by atoms with E-state index in [0.717, 1.165) is 42.3 Å². The summed E-state index contributed by atoms with van der Waals surface area (Å²) in [4.78, 5) is 41.7. The zero-order valence-corrected chi connectivity index (χ0v) is 24.6. The molecule has 0 saturated carbocycles. The second-order valence-corrected chi connectivity index (χ2v) is 9.33. The normalized spacial score (nSPS) is 17.1. The molecule has 0 amide bonds. The summed E-state index contributed by atoms with van der Waals surface area (Å²) in [7, 11) is 1.35. The van der Waals surface area contributed by atoms with Gasteiger partial charge in [-0.3, -0.25) is 14.8 Å². The number of aryl methyl sites for hydroxylation is 1. The van der Waals surface area contributed by atoms with E-state index in [4.69, 9.17) is 44.0 Å². The molecule has 2 aromatic rings. The molecule has 0 radical (unpaired) electrons. The lowest BCUT2D eigenvalue weighted by Gasteiger charge is -2.23. The number of ether oxygens (including phenoxy) is 5. The van der Waals surface area contributed by atoms with Crippen LogP contribution < -0.4 is 5.73 Å². The number of rotatable bonds is 6. The number of hydrogen-bond donors (Lipinski definition) is 1. The van der Waals surface area contributed by atoms with Gasteiger partial charge >= 0.3 is 12.1 Å². The second-order valence-electron chi connectivity index (χ2n) is 9.33. The molecular weight excluding hydrogens is 546 g/mol. The Morgan fingerprint density at radius 2 is 1.29 bits per heavy atom. The highest BCUT2D eigenvalue weighted by Crippen LogP contribution is 2.11. The SMILES string of the molecule is CCc1cc(N)cc(CN2CCOCCOCCN(Cc3cccc(C(=O)OC)n3)CCOCCOCC2)n1.O=C=O. The fraction of sp³-hybridized carbons (Fsp3) is 0.586. The van der Waals surface area contributed by atoms with Crippen LogP contribution in [0.5, 0.6) is 0 Å². The Hall–Kier alpha value is -3.29. The molecule has 2 aromatic heterocycles. The number of hydrogen-bond acceptors (Lipinski definition) is 13. The first kappa shape index (κ1) is 34.9. The molecule has 2 N–H and O–H groups in total. The van der Waals surface area contributed by atoms with Gasteiger partial charge in [-0.1, -0.05) is 13.0 Å². The van der Waals surface area contributed by atoms with Gasteiger partial charge in [-0.25, -0.2) is 9.78 Å². The fourth-order valence-electron chi connectivity index (χ4n) is 4.14. The van der Waals surface area contributed by atoms with Crippen molar-refractivity contribution in [3.8, 4) is 0 Å². The number of nitrogen functional groups attached to an aromatic ring is 1. The quantitative estimate of drug-likeness (QED) is 0.480. The predicted octanol–water partition coefficient (Wildman–Crippen LogP) is 1.21. The van der Waals surface area contributed by atoms with Crippen molar-refractivity contribution >= 4 is 17.8 Å². The van der Waals surface area contributed by atoms with E-state index in [0.29, 0.717) is 84.7 Å². The zero-order valence-electron chi connectivity index (χ0n) is 24.6. The minimum Gasteiger partial charge on any atom is -0.464 e. The number of anilines is 1. The third kappa shape index (κ3) is 14.6. The fourth-order valence-corrected chi connectivity index (χ4v) is 4.14. The predicted molar refractivity (Wildman–Crippen MR) is 152 cm³/mol. The molecule has 3 heterocycles. The van der Waals surface area contributed by atoms with E-state index >= 15 is 0 Å². The van der Waals surface area contributed by atoms with Gasteiger partial charge in [0.25, 0.3) is 0 Å². The van der Waals surface area contributed by atoms with Crippen molar-refractivity contribution < 1.29 is 38.1 Å². The van der Waals surface area contributed by atoms with E-state index in [2.05, 4.69) is 21.7 Å². The maximum absolute atomic E-state index is 11.8. The van der Waals surface area contributed by atoms with Crippen molar-refractivity contribution in [3.05, 3.63) is 53.1 Å². The molecular formula is C29H43N5O8. The molecule has 13 nitrogen and oxygen atoms in total. The van der Waals surface area contributed by atoms with Crippen LogP contribution in [0.3, 0.4) is 0 Å². The van der Waals surface area contributed by atoms with Gasteiger partial charge in [0.1, 0.15) is 5.69 Å². The lowest BCUT2D eigenvalue weighted by Crippen LogP contribution is -2.33. The minimum atomic E-state index is -0.446. The van der Waals surface area contributed by atoms with Crippen molar-refractivity contribution in [1.82, 2.24) is 19.8 Å². The Morgan fingerprint density at radius 3 is 1.76 bits per heavy atom. The highest BCUT2D eigenvalue weighted by Gasteiger charge is 2.12. The Morgan fingerprint density at radius 1 is 0.810 bits per heavy atom. The standard InChI is InChI=1S/C28H43N5O6.CO2/c1-3-24-19-23(29)20-26(30-24)22-33-9-13-38-17-15-36-11-7-32(8-12-37-16-18-39-14-10-33)21-25-5-4-6-27(31-25)28(34)35-2;2-1-3/h4-6,19-20H,3,7-18,21-22H2,1-2H3,(H2,29,30);. The molecule has 1 aliphatic heterocycles. The summed E-state index contributed by atoms with van der Waals surface area (Å²) in [5.74, 6) is -0.446. The van der Waals surface area contributed by atoms with Crippen LogP contribution in [0.2, 0.25) is 0 Å². The largest absolute Gasteiger partial charge is 0.464 e. The Balaban J connectivity index is 0.00000197. The van der Waals surface area contributed by atoms with E-state index in [1.165, 1.54) is 7.11 Å². The van der Waals surface area contributed by atoms with Crippen molar-refractivity contribution in [3.63, 3.8) is 0 Å². The molecule has 1 fully saturated rings. The number of nitrogens with two attached hydrogens (primary N) is 1. The molecule has 0 aromatic carbocycles. The summed E-state index contributed by atoms with van der Waals surface area (Å²) < 4.78 is 28.1. The van der Waals surface area contributed by atoms with Crippen LogP contribution in [-0.2, 0) is 52.8 Å². The average molecular weight is 590 g/mol. The summed E-state index contributed by atoms with van der Waals surface area (Å²) in [6.45, 7) is 10.6. The lowest BCUT2D eigenvalue weighted by atomic mass is 10.2. The van der Waals surface area contributed by atoms with Crippen molar-refractivity contribution in [2.75, 3.05) is 91.9 Å². The van der Waals surface area contributed by atoms with Crippen molar-refractivity contribution in [2.45, 2.75) is 26.4 Å². The van der Waals surface area contributed by atoms with Crippen LogP contribution in [0.4, 0.5) is 5.69 Å². The van der Waals surface area contributed by atoms with Crippen molar-refractivity contribution in [2.24, 2.45) is 0 Å². The molecule has 0 aliphatic carbocycles. The molecule has 0 bridgehead atoms. The first-order valence-corrected chi connectivity index (χ1v) is 14.0. The molecule has 13 heteroatoms. The highest BCUT2D eigenvalue weighted by atomic mass is 16.5. The Labute approximate surface area is 247 Å². The summed E-state index contributed by atoms with van der Waals surface area (Å²) in [6, 6.07) is 9.22. The van der Waals surface area contributed by atoms with E-state index in [-0.39, 0.29) is 6.15 Å². The van der Waals surface area contributed by atoms with Gasteiger partial charge < -0.3 is 29.4 Å². The number of carbonyl (C=O) groups is 1. The van der Waals surface area contributed by atoms with Crippen LogP contribution in [-0.4, -0.2) is 118 Å². The van der Waals surface area contributed by atoms with Gasteiger partial charge in [-0.05, 0) is 30.7 Å². The molecule has 3 rings (SSSR count). The van der Waals surface area contributed by atoms with E-state index in [9.17, 15) is 4.79 Å². The number of methoxy groups -OCH3 is 1. The monoisotopic (exact) mass is 589 g/mol. The lowest BCUT2D eigenvalue weighted by molar-refractivity contribution is -0.191. The van der Waals surface area contributed by atoms with Gasteiger partial charge in [-0.2, -0.15) is 9.59 Å². The molecule has 1 aliphatic rings. The third-order valence-electron chi connectivity index (χ3n) is 6.24.